The van der Waals surface area contributed by atoms with Crippen LogP contribution < -0.4 is 4.90 Å². The second-order valence-corrected chi connectivity index (χ2v) is 9.42. The number of thiazole rings is 1. The van der Waals surface area contributed by atoms with E-state index in [1.165, 1.54) is 11.1 Å². The van der Waals surface area contributed by atoms with Gasteiger partial charge >= 0.3 is 0 Å². The van der Waals surface area contributed by atoms with Gasteiger partial charge in [-0.05, 0) is 47.7 Å². The van der Waals surface area contributed by atoms with Gasteiger partial charge in [0.25, 0.3) is 0 Å². The lowest BCUT2D eigenvalue weighted by atomic mass is 10.0. The summed E-state index contributed by atoms with van der Waals surface area (Å²) in [6, 6.07) is 24.8. The van der Waals surface area contributed by atoms with Crippen molar-refractivity contribution in [2.24, 2.45) is 0 Å². The zero-order valence-corrected chi connectivity index (χ0v) is 21.1. The first-order valence-electron chi connectivity index (χ1n) is 11.4. The molecule has 0 bridgehead atoms. The van der Waals surface area contributed by atoms with Crippen LogP contribution in [0.3, 0.4) is 0 Å². The Hall–Kier alpha value is -3.48. The minimum Gasteiger partial charge on any atom is -0.337 e. The number of fused-ring (bicyclic) bond motifs is 1. The zero-order valence-electron chi connectivity index (χ0n) is 19.5. The molecule has 0 fully saturated rings. The second kappa shape index (κ2) is 11.3. The average Bonchev–Trinajstić information content (AvgIpc) is 3.52. The summed E-state index contributed by atoms with van der Waals surface area (Å²) in [6.07, 6.45) is 6.69. The van der Waals surface area contributed by atoms with E-state index >= 15 is 0 Å². The van der Waals surface area contributed by atoms with Crippen LogP contribution in [0.5, 0.6) is 0 Å². The van der Waals surface area contributed by atoms with E-state index in [-0.39, 0.29) is 18.3 Å². The fraction of sp³-hybridized carbons (Fsp3) is 0.179. The SMILES string of the molecule is Cc1ccc2nc(N(CCCn3ccnc3)C(=O)Cc3ccc(-c4ccccc4)cc3)sc2c1.Cl. The number of hydrogen-bond acceptors (Lipinski definition) is 4. The van der Waals surface area contributed by atoms with E-state index in [4.69, 9.17) is 4.98 Å². The highest BCUT2D eigenvalue weighted by molar-refractivity contribution is 7.22. The van der Waals surface area contributed by atoms with E-state index in [1.807, 2.05) is 52.1 Å². The van der Waals surface area contributed by atoms with Gasteiger partial charge < -0.3 is 4.57 Å². The molecule has 1 amide bonds. The van der Waals surface area contributed by atoms with Crippen molar-refractivity contribution in [2.45, 2.75) is 26.3 Å². The van der Waals surface area contributed by atoms with Crippen molar-refractivity contribution in [3.63, 3.8) is 0 Å². The van der Waals surface area contributed by atoms with Crippen molar-refractivity contribution < 1.29 is 4.79 Å². The first-order valence-corrected chi connectivity index (χ1v) is 12.2. The van der Waals surface area contributed by atoms with Crippen LogP contribution in [-0.4, -0.2) is 27.0 Å². The molecule has 0 saturated heterocycles. The molecule has 3 aromatic carbocycles. The van der Waals surface area contributed by atoms with Crippen LogP contribution in [0.25, 0.3) is 21.3 Å². The van der Waals surface area contributed by atoms with Gasteiger partial charge in [0, 0.05) is 25.5 Å². The highest BCUT2D eigenvalue weighted by atomic mass is 35.5. The van der Waals surface area contributed by atoms with Crippen LogP contribution >= 0.6 is 23.7 Å². The summed E-state index contributed by atoms with van der Waals surface area (Å²) in [6.45, 7) is 3.49. The number of aryl methyl sites for hydroxylation is 2. The molecule has 0 aliphatic heterocycles. The van der Waals surface area contributed by atoms with Crippen LogP contribution in [0.4, 0.5) is 5.13 Å². The molecule has 178 valence electrons. The van der Waals surface area contributed by atoms with Crippen LogP contribution in [0.1, 0.15) is 17.5 Å². The molecular weight excluding hydrogens is 476 g/mol. The van der Waals surface area contributed by atoms with Gasteiger partial charge in [-0.1, -0.05) is 72.0 Å². The lowest BCUT2D eigenvalue weighted by Gasteiger charge is -2.20. The molecule has 0 unspecified atom stereocenters. The third kappa shape index (κ3) is 5.96. The predicted octanol–water partition coefficient (Wildman–Crippen LogP) is 6.56. The maximum atomic E-state index is 13.5. The minimum atomic E-state index is 0. The van der Waals surface area contributed by atoms with Crippen molar-refractivity contribution in [1.82, 2.24) is 14.5 Å². The van der Waals surface area contributed by atoms with E-state index in [1.54, 1.807) is 23.9 Å². The van der Waals surface area contributed by atoms with Crippen LogP contribution in [-0.2, 0) is 17.8 Å². The highest BCUT2D eigenvalue weighted by Crippen LogP contribution is 2.30. The van der Waals surface area contributed by atoms with Gasteiger partial charge in [-0.25, -0.2) is 9.97 Å². The van der Waals surface area contributed by atoms with E-state index in [0.29, 0.717) is 13.0 Å². The maximum absolute atomic E-state index is 13.5. The average molecular weight is 503 g/mol. The number of carbonyl (C=O) groups excluding carboxylic acids is 1. The van der Waals surface area contributed by atoms with Gasteiger partial charge in [0.1, 0.15) is 0 Å². The van der Waals surface area contributed by atoms with Gasteiger partial charge in [-0.3, -0.25) is 9.69 Å². The van der Waals surface area contributed by atoms with Crippen LogP contribution in [0.15, 0.2) is 91.5 Å². The zero-order chi connectivity index (χ0) is 23.3. The summed E-state index contributed by atoms with van der Waals surface area (Å²) in [7, 11) is 0. The highest BCUT2D eigenvalue weighted by Gasteiger charge is 2.20. The van der Waals surface area contributed by atoms with Crippen molar-refractivity contribution in [3.8, 4) is 11.1 Å². The summed E-state index contributed by atoms with van der Waals surface area (Å²) >= 11 is 1.58. The van der Waals surface area contributed by atoms with Crippen molar-refractivity contribution in [1.29, 1.82) is 0 Å². The maximum Gasteiger partial charge on any atom is 0.233 e. The molecule has 0 aliphatic rings. The lowest BCUT2D eigenvalue weighted by molar-refractivity contribution is -0.118. The summed E-state index contributed by atoms with van der Waals surface area (Å²) in [5.74, 6) is 0.0638. The van der Waals surface area contributed by atoms with Crippen molar-refractivity contribution >= 4 is 45.0 Å². The summed E-state index contributed by atoms with van der Waals surface area (Å²) in [4.78, 5) is 24.2. The Labute approximate surface area is 215 Å². The topological polar surface area (TPSA) is 51.0 Å². The molecule has 0 N–H and O–H groups in total. The molecule has 35 heavy (non-hydrogen) atoms. The molecule has 5 rings (SSSR count). The summed E-state index contributed by atoms with van der Waals surface area (Å²) in [5, 5.41) is 0.761. The summed E-state index contributed by atoms with van der Waals surface area (Å²) in [5.41, 5.74) is 5.45. The molecule has 5 aromatic rings. The number of amides is 1. The Morgan fingerprint density at radius 1 is 1.00 bits per heavy atom. The van der Waals surface area contributed by atoms with Crippen LogP contribution in [0, 0.1) is 6.92 Å². The Morgan fingerprint density at radius 2 is 1.77 bits per heavy atom. The Balaban J connectivity index is 0.00000289. The fourth-order valence-electron chi connectivity index (χ4n) is 4.01. The monoisotopic (exact) mass is 502 g/mol. The quantitative estimate of drug-likeness (QED) is 0.241. The van der Waals surface area contributed by atoms with Crippen molar-refractivity contribution in [2.75, 3.05) is 11.4 Å². The smallest absolute Gasteiger partial charge is 0.233 e. The Kier molecular flexibility index (Phi) is 7.95. The molecule has 0 spiro atoms. The van der Waals surface area contributed by atoms with E-state index in [9.17, 15) is 4.79 Å². The Bertz CT molecular complexity index is 1380. The van der Waals surface area contributed by atoms with Crippen LogP contribution in [0.2, 0.25) is 0 Å². The van der Waals surface area contributed by atoms with E-state index < -0.39 is 0 Å². The van der Waals surface area contributed by atoms with Gasteiger partial charge in [0.2, 0.25) is 5.91 Å². The van der Waals surface area contributed by atoms with Crippen molar-refractivity contribution in [3.05, 3.63) is 103 Å². The van der Waals surface area contributed by atoms with Gasteiger partial charge in [-0.2, -0.15) is 0 Å². The number of halogens is 1. The minimum absolute atomic E-state index is 0. The van der Waals surface area contributed by atoms with Gasteiger partial charge in [0.05, 0.1) is 23.0 Å². The summed E-state index contributed by atoms with van der Waals surface area (Å²) < 4.78 is 3.14. The number of rotatable bonds is 8. The number of imidazole rings is 1. The van der Waals surface area contributed by atoms with E-state index in [2.05, 4.69) is 48.3 Å². The third-order valence-corrected chi connectivity index (χ3v) is 6.88. The van der Waals surface area contributed by atoms with Gasteiger partial charge in [0.15, 0.2) is 5.13 Å². The number of carbonyl (C=O) groups is 1. The fourth-order valence-corrected chi connectivity index (χ4v) is 5.12. The first-order chi connectivity index (χ1) is 16.7. The molecule has 2 aromatic heterocycles. The number of nitrogens with zero attached hydrogens (tertiary/aromatic N) is 4. The molecular formula is C28H27ClN4OS. The number of aromatic nitrogens is 3. The normalized spacial score (nSPS) is 10.8. The number of benzene rings is 3. The predicted molar refractivity (Wildman–Crippen MR) is 146 cm³/mol. The largest absolute Gasteiger partial charge is 0.337 e. The van der Waals surface area contributed by atoms with Gasteiger partial charge in [-0.15, -0.1) is 12.4 Å². The second-order valence-electron chi connectivity index (χ2n) is 8.41. The molecule has 0 aliphatic carbocycles. The number of anilines is 1. The standard InChI is InChI=1S/C28H26N4OS.ClH/c1-21-8-13-25-26(18-21)34-28(30-25)32(16-5-15-31-17-14-29-20-31)27(33)19-22-9-11-24(12-10-22)23-6-3-2-4-7-23;/h2-4,6-14,17-18,20H,5,15-16,19H2,1H3;1H. The molecule has 2 heterocycles. The number of hydrogen-bond donors (Lipinski definition) is 0. The lowest BCUT2D eigenvalue weighted by Crippen LogP contribution is -2.33. The molecule has 0 atom stereocenters. The molecule has 5 nitrogen and oxygen atoms in total. The first kappa shape index (κ1) is 24.6. The molecule has 0 saturated carbocycles. The molecule has 7 heteroatoms. The molecule has 0 radical (unpaired) electrons. The van der Waals surface area contributed by atoms with E-state index in [0.717, 1.165) is 39.4 Å². The third-order valence-electron chi connectivity index (χ3n) is 5.84. The Morgan fingerprint density at radius 3 is 2.51 bits per heavy atom.